The molecule has 0 radical (unpaired) electrons. The fourth-order valence-corrected chi connectivity index (χ4v) is 4.80. The molecule has 1 aliphatic heterocycles. The number of amides is 1. The predicted molar refractivity (Wildman–Crippen MR) is 111 cm³/mol. The van der Waals surface area contributed by atoms with Gasteiger partial charge >= 0.3 is 0 Å². The molecule has 0 spiro atoms. The molecule has 11 heteroatoms. The summed E-state index contributed by atoms with van der Waals surface area (Å²) < 4.78 is 27.6. The Labute approximate surface area is 173 Å². The first-order chi connectivity index (χ1) is 14.3. The number of hydrazone groups is 1. The van der Waals surface area contributed by atoms with Crippen LogP contribution < -0.4 is 11.2 Å². The molecule has 0 aliphatic carbocycles. The summed E-state index contributed by atoms with van der Waals surface area (Å²) >= 11 is 0. The number of nitrogens with one attached hydrogen (secondary N) is 1. The van der Waals surface area contributed by atoms with E-state index in [9.17, 15) is 23.3 Å². The maximum absolute atomic E-state index is 13.2. The van der Waals surface area contributed by atoms with Gasteiger partial charge in [-0.2, -0.15) is 9.41 Å². The summed E-state index contributed by atoms with van der Waals surface area (Å²) in [6.45, 7) is 0.205. The number of carbonyl (C=O) groups excluding carboxylic acids is 1. The van der Waals surface area contributed by atoms with E-state index in [1.807, 2.05) is 30.3 Å². The molecule has 158 valence electrons. The largest absolute Gasteiger partial charge is 0.369 e. The first kappa shape index (κ1) is 21.4. The van der Waals surface area contributed by atoms with E-state index in [1.54, 1.807) is 0 Å². The highest BCUT2D eigenvalue weighted by atomic mass is 32.2. The molecule has 1 amide bonds. The Bertz CT molecular complexity index is 1060. The number of nitro groups is 1. The molecule has 0 aromatic heterocycles. The van der Waals surface area contributed by atoms with Gasteiger partial charge in [0.2, 0.25) is 15.9 Å². The van der Waals surface area contributed by atoms with Crippen LogP contribution in [0.3, 0.4) is 0 Å². The number of piperidine rings is 1. The van der Waals surface area contributed by atoms with E-state index >= 15 is 0 Å². The summed E-state index contributed by atoms with van der Waals surface area (Å²) in [4.78, 5) is 21.6. The molecule has 10 nitrogen and oxygen atoms in total. The number of rotatable bonds is 7. The molecule has 0 unspecified atom stereocenters. The fraction of sp³-hybridized carbons (Fsp3) is 0.263. The average molecular weight is 431 g/mol. The van der Waals surface area contributed by atoms with E-state index in [4.69, 9.17) is 5.73 Å². The van der Waals surface area contributed by atoms with Crippen LogP contribution in [0.5, 0.6) is 0 Å². The van der Waals surface area contributed by atoms with Gasteiger partial charge in [0, 0.05) is 31.1 Å². The van der Waals surface area contributed by atoms with E-state index in [0.717, 1.165) is 11.6 Å². The van der Waals surface area contributed by atoms with Crippen molar-refractivity contribution in [2.45, 2.75) is 17.7 Å². The normalized spacial score (nSPS) is 15.9. The predicted octanol–water partition coefficient (Wildman–Crippen LogP) is 1.93. The number of hydrogen-bond donors (Lipinski definition) is 2. The Hall–Kier alpha value is -3.31. The van der Waals surface area contributed by atoms with Gasteiger partial charge in [-0.25, -0.2) is 8.42 Å². The second kappa shape index (κ2) is 9.01. The summed E-state index contributed by atoms with van der Waals surface area (Å²) in [5.74, 6) is -0.838. The van der Waals surface area contributed by atoms with Gasteiger partial charge in [0.25, 0.3) is 5.69 Å². The van der Waals surface area contributed by atoms with Gasteiger partial charge in [0.15, 0.2) is 0 Å². The highest BCUT2D eigenvalue weighted by molar-refractivity contribution is 7.89. The van der Waals surface area contributed by atoms with Crippen LogP contribution in [0.25, 0.3) is 0 Å². The lowest BCUT2D eigenvalue weighted by molar-refractivity contribution is -0.385. The minimum atomic E-state index is -4.05. The van der Waals surface area contributed by atoms with Crippen molar-refractivity contribution in [3.8, 4) is 0 Å². The summed E-state index contributed by atoms with van der Waals surface area (Å²) in [6.07, 6.45) is 2.12. The van der Waals surface area contributed by atoms with Crippen molar-refractivity contribution in [2.24, 2.45) is 16.8 Å². The Morgan fingerprint density at radius 3 is 2.47 bits per heavy atom. The van der Waals surface area contributed by atoms with Crippen molar-refractivity contribution >= 4 is 33.5 Å². The lowest BCUT2D eigenvalue weighted by atomic mass is 9.98. The lowest BCUT2D eigenvalue weighted by Gasteiger charge is -2.30. The number of hydrogen-bond acceptors (Lipinski definition) is 7. The number of nitrogens with two attached hydrogens (primary N) is 1. The highest BCUT2D eigenvalue weighted by Gasteiger charge is 2.33. The molecule has 30 heavy (non-hydrogen) atoms. The smallest absolute Gasteiger partial charge is 0.270 e. The van der Waals surface area contributed by atoms with Crippen molar-refractivity contribution in [2.75, 3.05) is 18.5 Å². The van der Waals surface area contributed by atoms with Gasteiger partial charge in [-0.3, -0.25) is 20.3 Å². The zero-order chi connectivity index (χ0) is 21.7. The molecule has 1 aliphatic rings. The van der Waals surface area contributed by atoms with Crippen LogP contribution in [0.4, 0.5) is 11.4 Å². The van der Waals surface area contributed by atoms with Crippen molar-refractivity contribution in [1.82, 2.24) is 4.31 Å². The van der Waals surface area contributed by atoms with Gasteiger partial charge in [-0.15, -0.1) is 0 Å². The van der Waals surface area contributed by atoms with Crippen LogP contribution in [0.1, 0.15) is 18.4 Å². The van der Waals surface area contributed by atoms with Crippen LogP contribution in [0, 0.1) is 16.0 Å². The molecular formula is C19H21N5O5S. The molecule has 3 rings (SSSR count). The second-order valence-electron chi connectivity index (χ2n) is 6.80. The van der Waals surface area contributed by atoms with E-state index < -0.39 is 20.9 Å². The molecule has 3 N–H and O–H groups in total. The van der Waals surface area contributed by atoms with Crippen LogP contribution >= 0.6 is 0 Å². The van der Waals surface area contributed by atoms with Crippen LogP contribution in [-0.4, -0.2) is 42.9 Å². The lowest BCUT2D eigenvalue weighted by Crippen LogP contribution is -2.41. The van der Waals surface area contributed by atoms with Crippen molar-refractivity contribution in [1.29, 1.82) is 0 Å². The van der Waals surface area contributed by atoms with Crippen molar-refractivity contribution in [3.05, 3.63) is 64.2 Å². The number of benzene rings is 2. The number of primary amides is 1. The molecule has 2 aromatic rings. The third kappa shape index (κ3) is 4.81. The molecule has 0 atom stereocenters. The summed E-state index contributed by atoms with van der Waals surface area (Å²) in [5, 5.41) is 15.2. The Morgan fingerprint density at radius 2 is 1.87 bits per heavy atom. The van der Waals surface area contributed by atoms with Gasteiger partial charge in [0.1, 0.15) is 4.90 Å². The Balaban J connectivity index is 1.89. The number of nitro benzene ring substituents is 1. The van der Waals surface area contributed by atoms with Gasteiger partial charge in [-0.05, 0) is 24.5 Å². The Morgan fingerprint density at radius 1 is 1.20 bits per heavy atom. The topological polar surface area (TPSA) is 148 Å². The molecule has 1 heterocycles. The molecule has 2 aromatic carbocycles. The third-order valence-electron chi connectivity index (χ3n) is 4.85. The first-order valence-corrected chi connectivity index (χ1v) is 10.6. The van der Waals surface area contributed by atoms with E-state index in [0.29, 0.717) is 12.8 Å². The number of non-ortho nitro benzene ring substituents is 1. The zero-order valence-electron chi connectivity index (χ0n) is 16.0. The number of nitrogens with zero attached hydrogens (tertiary/aromatic N) is 3. The average Bonchev–Trinajstić information content (AvgIpc) is 2.74. The van der Waals surface area contributed by atoms with E-state index in [2.05, 4.69) is 10.5 Å². The molecular weight excluding hydrogens is 410 g/mol. The van der Waals surface area contributed by atoms with E-state index in [1.165, 1.54) is 22.7 Å². The molecule has 0 saturated carbocycles. The zero-order valence-corrected chi connectivity index (χ0v) is 16.8. The summed E-state index contributed by atoms with van der Waals surface area (Å²) in [7, 11) is -4.05. The van der Waals surface area contributed by atoms with Crippen molar-refractivity contribution < 1.29 is 18.1 Å². The maximum Gasteiger partial charge on any atom is 0.270 e. The maximum atomic E-state index is 13.2. The van der Waals surface area contributed by atoms with Gasteiger partial charge < -0.3 is 5.73 Å². The van der Waals surface area contributed by atoms with Crippen LogP contribution in [0.2, 0.25) is 0 Å². The highest BCUT2D eigenvalue weighted by Crippen LogP contribution is 2.31. The quantitative estimate of drug-likeness (QED) is 0.389. The second-order valence-corrected chi connectivity index (χ2v) is 8.71. The van der Waals surface area contributed by atoms with Crippen molar-refractivity contribution in [3.63, 3.8) is 0 Å². The number of carbonyl (C=O) groups is 1. The van der Waals surface area contributed by atoms with Gasteiger partial charge in [0.05, 0.1) is 16.8 Å². The SMILES string of the molecule is NC(=O)C1CCN(S(=O)(=O)c2cc([N+](=O)[O-])ccc2N/N=C\c2ccccc2)CC1. The first-order valence-electron chi connectivity index (χ1n) is 9.21. The monoisotopic (exact) mass is 431 g/mol. The standard InChI is InChI=1S/C19H21N5O5S/c20-19(25)15-8-10-23(11-9-15)30(28,29)18-12-16(24(26)27)6-7-17(18)22-21-13-14-4-2-1-3-5-14/h1-7,12-13,15,22H,8-11H2,(H2,20,25)/b21-13-. The van der Waals surface area contributed by atoms with Crippen LogP contribution in [0.15, 0.2) is 58.5 Å². The van der Waals surface area contributed by atoms with Crippen LogP contribution in [-0.2, 0) is 14.8 Å². The Kier molecular flexibility index (Phi) is 6.43. The minimum Gasteiger partial charge on any atom is -0.369 e. The van der Waals surface area contributed by atoms with Gasteiger partial charge in [-0.1, -0.05) is 30.3 Å². The number of sulfonamides is 1. The fourth-order valence-electron chi connectivity index (χ4n) is 3.17. The number of anilines is 1. The molecule has 0 bridgehead atoms. The third-order valence-corrected chi connectivity index (χ3v) is 6.79. The molecule has 1 fully saturated rings. The van der Waals surface area contributed by atoms with E-state index in [-0.39, 0.29) is 35.3 Å². The summed E-state index contributed by atoms with van der Waals surface area (Å²) in [6, 6.07) is 12.7. The summed E-state index contributed by atoms with van der Waals surface area (Å²) in [5.41, 5.74) is 8.53. The minimum absolute atomic E-state index is 0.103. The molecule has 1 saturated heterocycles.